The monoisotopic (exact) mass is 455 g/mol. The SMILES string of the molecule is Cc1occc1C(=O)Nc1cc(NC(=O)c2ccc3noc(-c4ccccc4)c3c2)ccc1F. The number of fused-ring (bicyclic) bond motifs is 1. The van der Waals surface area contributed by atoms with E-state index in [2.05, 4.69) is 15.8 Å². The Labute approximate surface area is 193 Å². The van der Waals surface area contributed by atoms with E-state index in [1.54, 1.807) is 25.1 Å². The zero-order valence-electron chi connectivity index (χ0n) is 18.0. The second kappa shape index (κ2) is 8.67. The van der Waals surface area contributed by atoms with Gasteiger partial charge in [0.2, 0.25) is 0 Å². The van der Waals surface area contributed by atoms with Crippen LogP contribution in [0.2, 0.25) is 0 Å². The molecule has 0 unspecified atom stereocenters. The maximum atomic E-state index is 14.3. The molecule has 2 heterocycles. The summed E-state index contributed by atoms with van der Waals surface area (Å²) in [5, 5.41) is 10.00. The van der Waals surface area contributed by atoms with Gasteiger partial charge < -0.3 is 19.6 Å². The molecule has 0 fully saturated rings. The van der Waals surface area contributed by atoms with Gasteiger partial charge in [0.05, 0.1) is 22.9 Å². The summed E-state index contributed by atoms with van der Waals surface area (Å²) in [6.07, 6.45) is 1.38. The number of carbonyl (C=O) groups excluding carboxylic acids is 2. The Balaban J connectivity index is 1.38. The van der Waals surface area contributed by atoms with Crippen LogP contribution in [0.1, 0.15) is 26.5 Å². The molecule has 5 rings (SSSR count). The van der Waals surface area contributed by atoms with Crippen molar-refractivity contribution in [1.29, 1.82) is 0 Å². The number of furan rings is 1. The lowest BCUT2D eigenvalue weighted by Gasteiger charge is -2.10. The van der Waals surface area contributed by atoms with E-state index >= 15 is 0 Å². The number of rotatable bonds is 5. The number of benzene rings is 3. The van der Waals surface area contributed by atoms with Crippen molar-refractivity contribution in [2.45, 2.75) is 6.92 Å². The summed E-state index contributed by atoms with van der Waals surface area (Å²) in [7, 11) is 0. The Hall–Kier alpha value is -4.72. The van der Waals surface area contributed by atoms with Crippen LogP contribution in [-0.2, 0) is 0 Å². The fourth-order valence-corrected chi connectivity index (χ4v) is 3.59. The van der Waals surface area contributed by atoms with Gasteiger partial charge in [0.25, 0.3) is 11.8 Å². The molecule has 0 saturated carbocycles. The standard InChI is InChI=1S/C26H18FN3O4/c1-15-19(11-12-33-15)26(32)29-23-14-18(8-9-21(23)27)28-25(31)17-7-10-22-20(13-17)24(34-30-22)16-5-3-2-4-6-16/h2-14H,1H3,(H,28,31)(H,29,32). The molecule has 5 aromatic rings. The number of halogens is 1. The minimum atomic E-state index is -0.633. The number of nitrogens with zero attached hydrogens (tertiary/aromatic N) is 1. The Kier molecular flexibility index (Phi) is 5.39. The first kappa shape index (κ1) is 21.1. The van der Waals surface area contributed by atoms with Crippen LogP contribution in [0.5, 0.6) is 0 Å². The lowest BCUT2D eigenvalue weighted by molar-refractivity contribution is 0.101. The van der Waals surface area contributed by atoms with Crippen molar-refractivity contribution in [3.05, 3.63) is 102 Å². The molecule has 2 amide bonds. The van der Waals surface area contributed by atoms with Gasteiger partial charge in [-0.3, -0.25) is 9.59 Å². The van der Waals surface area contributed by atoms with Crippen LogP contribution in [0.3, 0.4) is 0 Å². The largest absolute Gasteiger partial charge is 0.469 e. The van der Waals surface area contributed by atoms with E-state index in [9.17, 15) is 14.0 Å². The van der Waals surface area contributed by atoms with Crippen molar-refractivity contribution in [3.8, 4) is 11.3 Å². The van der Waals surface area contributed by atoms with E-state index in [1.165, 1.54) is 30.5 Å². The number of hydrogen-bond donors (Lipinski definition) is 2. The fraction of sp³-hybridized carbons (Fsp3) is 0.0385. The van der Waals surface area contributed by atoms with E-state index in [1.807, 2.05) is 30.3 Å². The van der Waals surface area contributed by atoms with Gasteiger partial charge >= 0.3 is 0 Å². The zero-order chi connectivity index (χ0) is 23.7. The molecule has 168 valence electrons. The zero-order valence-corrected chi connectivity index (χ0v) is 18.0. The lowest BCUT2D eigenvalue weighted by Crippen LogP contribution is -2.15. The Morgan fingerprint density at radius 3 is 2.50 bits per heavy atom. The minimum absolute atomic E-state index is 0.0655. The molecule has 0 aliphatic heterocycles. The molecular weight excluding hydrogens is 437 g/mol. The summed E-state index contributed by atoms with van der Waals surface area (Å²) in [5.41, 5.74) is 2.39. The maximum absolute atomic E-state index is 14.3. The van der Waals surface area contributed by atoms with Crippen LogP contribution in [0.15, 0.2) is 88.0 Å². The summed E-state index contributed by atoms with van der Waals surface area (Å²) in [5.74, 6) is -0.574. The molecule has 0 aliphatic carbocycles. The van der Waals surface area contributed by atoms with Crippen LogP contribution in [0, 0.1) is 12.7 Å². The molecular formula is C26H18FN3O4. The van der Waals surface area contributed by atoms with Crippen molar-refractivity contribution >= 4 is 34.1 Å². The van der Waals surface area contributed by atoms with Gasteiger partial charge in [-0.1, -0.05) is 35.5 Å². The molecule has 0 bridgehead atoms. The third-order valence-corrected chi connectivity index (χ3v) is 5.35. The molecule has 2 aromatic heterocycles. The number of aryl methyl sites for hydroxylation is 1. The van der Waals surface area contributed by atoms with Gasteiger partial charge in [0.15, 0.2) is 5.76 Å². The minimum Gasteiger partial charge on any atom is -0.469 e. The third kappa shape index (κ3) is 4.04. The van der Waals surface area contributed by atoms with Gasteiger partial charge in [0.1, 0.15) is 17.1 Å². The van der Waals surface area contributed by atoms with Crippen molar-refractivity contribution in [2.75, 3.05) is 10.6 Å². The van der Waals surface area contributed by atoms with E-state index in [4.69, 9.17) is 8.94 Å². The summed E-state index contributed by atoms with van der Waals surface area (Å²) in [6, 6.07) is 19.9. The van der Waals surface area contributed by atoms with Gasteiger partial charge in [-0.05, 0) is 49.4 Å². The first-order valence-corrected chi connectivity index (χ1v) is 10.4. The van der Waals surface area contributed by atoms with Gasteiger partial charge in [0, 0.05) is 16.8 Å². The maximum Gasteiger partial charge on any atom is 0.259 e. The topological polar surface area (TPSA) is 97.4 Å². The number of carbonyl (C=O) groups is 2. The second-order valence-corrected chi connectivity index (χ2v) is 7.60. The number of amides is 2. The fourth-order valence-electron chi connectivity index (χ4n) is 3.59. The number of aromatic nitrogens is 1. The highest BCUT2D eigenvalue weighted by Gasteiger charge is 2.17. The molecule has 0 aliphatic rings. The van der Waals surface area contributed by atoms with Gasteiger partial charge in [-0.15, -0.1) is 0 Å². The molecule has 0 spiro atoms. The van der Waals surface area contributed by atoms with Gasteiger partial charge in [-0.25, -0.2) is 4.39 Å². The average molecular weight is 455 g/mol. The highest BCUT2D eigenvalue weighted by Crippen LogP contribution is 2.29. The average Bonchev–Trinajstić information content (AvgIpc) is 3.47. The van der Waals surface area contributed by atoms with Crippen LogP contribution >= 0.6 is 0 Å². The van der Waals surface area contributed by atoms with Gasteiger partial charge in [-0.2, -0.15) is 0 Å². The summed E-state index contributed by atoms with van der Waals surface area (Å²) in [4.78, 5) is 25.3. The highest BCUT2D eigenvalue weighted by atomic mass is 19.1. The van der Waals surface area contributed by atoms with E-state index in [-0.39, 0.29) is 5.69 Å². The molecule has 0 saturated heterocycles. The van der Waals surface area contributed by atoms with Crippen LogP contribution < -0.4 is 10.6 Å². The summed E-state index contributed by atoms with van der Waals surface area (Å²) < 4.78 is 24.9. The molecule has 0 radical (unpaired) electrons. The van der Waals surface area contributed by atoms with E-state index < -0.39 is 17.6 Å². The Morgan fingerprint density at radius 1 is 0.912 bits per heavy atom. The molecule has 2 N–H and O–H groups in total. The molecule has 8 heteroatoms. The molecule has 34 heavy (non-hydrogen) atoms. The van der Waals surface area contributed by atoms with Crippen molar-refractivity contribution in [2.24, 2.45) is 0 Å². The number of anilines is 2. The predicted octanol–water partition coefficient (Wildman–Crippen LogP) is 6.04. The van der Waals surface area contributed by atoms with Crippen molar-refractivity contribution in [1.82, 2.24) is 5.16 Å². The second-order valence-electron chi connectivity index (χ2n) is 7.60. The molecule has 0 atom stereocenters. The summed E-state index contributed by atoms with van der Waals surface area (Å²) >= 11 is 0. The molecule has 7 nitrogen and oxygen atoms in total. The first-order valence-electron chi connectivity index (χ1n) is 10.4. The highest BCUT2D eigenvalue weighted by molar-refractivity contribution is 6.08. The van der Waals surface area contributed by atoms with Crippen molar-refractivity contribution < 1.29 is 22.9 Å². The normalized spacial score (nSPS) is 10.9. The van der Waals surface area contributed by atoms with E-state index in [0.29, 0.717) is 39.2 Å². The molecule has 3 aromatic carbocycles. The van der Waals surface area contributed by atoms with E-state index in [0.717, 1.165) is 5.56 Å². The lowest BCUT2D eigenvalue weighted by atomic mass is 10.1. The quantitative estimate of drug-likeness (QED) is 0.337. The van der Waals surface area contributed by atoms with Crippen molar-refractivity contribution in [3.63, 3.8) is 0 Å². The number of nitrogens with one attached hydrogen (secondary N) is 2. The Morgan fingerprint density at radius 2 is 1.74 bits per heavy atom. The predicted molar refractivity (Wildman–Crippen MR) is 125 cm³/mol. The third-order valence-electron chi connectivity index (χ3n) is 5.35. The first-order chi connectivity index (χ1) is 16.5. The van der Waals surface area contributed by atoms with Crippen LogP contribution in [-0.4, -0.2) is 17.0 Å². The number of hydrogen-bond acceptors (Lipinski definition) is 5. The van der Waals surface area contributed by atoms with Crippen LogP contribution in [0.4, 0.5) is 15.8 Å². The van der Waals surface area contributed by atoms with Crippen LogP contribution in [0.25, 0.3) is 22.2 Å². The smallest absolute Gasteiger partial charge is 0.259 e. The Bertz CT molecular complexity index is 1520. The summed E-state index contributed by atoms with van der Waals surface area (Å²) in [6.45, 7) is 1.64.